The summed E-state index contributed by atoms with van der Waals surface area (Å²) in [5, 5.41) is 9.34. The van der Waals surface area contributed by atoms with Crippen LogP contribution in [-0.2, 0) is 13.5 Å². The first-order valence-corrected chi connectivity index (χ1v) is 4.68. The summed E-state index contributed by atoms with van der Waals surface area (Å²) in [6.07, 6.45) is 2.61. The van der Waals surface area contributed by atoms with Crippen LogP contribution in [0.2, 0.25) is 0 Å². The Kier molecular flexibility index (Phi) is 2.69. The van der Waals surface area contributed by atoms with E-state index in [1.165, 1.54) is 4.57 Å². The fourth-order valence-corrected chi connectivity index (χ4v) is 1.47. The highest BCUT2D eigenvalue weighted by atomic mass is 16.3. The van der Waals surface area contributed by atoms with Crippen molar-refractivity contribution in [3.63, 3.8) is 0 Å². The van der Waals surface area contributed by atoms with Crippen LogP contribution in [0.4, 0.5) is 0 Å². The maximum absolute atomic E-state index is 11.2. The van der Waals surface area contributed by atoms with Crippen molar-refractivity contribution in [3.8, 4) is 5.75 Å². The second-order valence-corrected chi connectivity index (χ2v) is 4.89. The smallest absolute Gasteiger partial charge is 0.292 e. The van der Waals surface area contributed by atoms with E-state index in [2.05, 4.69) is 20.8 Å². The fourth-order valence-electron chi connectivity index (χ4n) is 1.47. The first-order chi connectivity index (χ1) is 6.29. The van der Waals surface area contributed by atoms with Crippen molar-refractivity contribution in [2.75, 3.05) is 0 Å². The van der Waals surface area contributed by atoms with E-state index < -0.39 is 0 Å². The molecule has 1 aromatic rings. The molecule has 78 valence electrons. The molecule has 0 saturated heterocycles. The Bertz CT molecular complexity index is 359. The van der Waals surface area contributed by atoms with Gasteiger partial charge in [0, 0.05) is 13.2 Å². The molecule has 0 spiro atoms. The van der Waals surface area contributed by atoms with Gasteiger partial charge in [-0.25, -0.2) is 0 Å². The molecule has 1 N–H and O–H groups in total. The SMILES string of the molecule is Cn1cc(CC(C)(C)C)cc(O)c1=O. The molecule has 0 saturated carbocycles. The Labute approximate surface area is 84.0 Å². The lowest BCUT2D eigenvalue weighted by Crippen LogP contribution is -2.18. The number of aromatic nitrogens is 1. The maximum Gasteiger partial charge on any atom is 0.292 e. The van der Waals surface area contributed by atoms with Crippen molar-refractivity contribution in [1.82, 2.24) is 4.57 Å². The lowest BCUT2D eigenvalue weighted by molar-refractivity contribution is 0.406. The highest BCUT2D eigenvalue weighted by molar-refractivity contribution is 5.23. The highest BCUT2D eigenvalue weighted by Crippen LogP contribution is 2.21. The molecule has 0 aliphatic rings. The molecule has 3 heteroatoms. The van der Waals surface area contributed by atoms with Gasteiger partial charge >= 0.3 is 0 Å². The molecule has 0 fully saturated rings. The normalized spacial score (nSPS) is 11.7. The van der Waals surface area contributed by atoms with E-state index in [0.29, 0.717) is 0 Å². The Morgan fingerprint density at radius 2 is 2.00 bits per heavy atom. The van der Waals surface area contributed by atoms with Crippen molar-refractivity contribution < 1.29 is 5.11 Å². The summed E-state index contributed by atoms with van der Waals surface area (Å²) in [6.45, 7) is 6.36. The van der Waals surface area contributed by atoms with Gasteiger partial charge in [0.25, 0.3) is 5.56 Å². The summed E-state index contributed by atoms with van der Waals surface area (Å²) in [7, 11) is 1.65. The predicted octanol–water partition coefficient (Wildman–Crippen LogP) is 1.68. The van der Waals surface area contributed by atoms with E-state index in [9.17, 15) is 9.90 Å². The second kappa shape index (κ2) is 3.48. The Morgan fingerprint density at radius 1 is 1.43 bits per heavy atom. The summed E-state index contributed by atoms with van der Waals surface area (Å²) in [5.74, 6) is -0.172. The first-order valence-electron chi connectivity index (χ1n) is 4.68. The summed E-state index contributed by atoms with van der Waals surface area (Å²) in [6, 6.07) is 1.55. The molecule has 0 amide bonds. The van der Waals surface area contributed by atoms with Gasteiger partial charge < -0.3 is 9.67 Å². The van der Waals surface area contributed by atoms with Crippen molar-refractivity contribution in [3.05, 3.63) is 28.2 Å². The van der Waals surface area contributed by atoms with Crippen molar-refractivity contribution in [1.29, 1.82) is 0 Å². The minimum absolute atomic E-state index is 0.157. The van der Waals surface area contributed by atoms with Crippen molar-refractivity contribution in [2.45, 2.75) is 27.2 Å². The van der Waals surface area contributed by atoms with E-state index in [1.54, 1.807) is 19.3 Å². The molecule has 0 aromatic carbocycles. The molecule has 3 nitrogen and oxygen atoms in total. The van der Waals surface area contributed by atoms with Crippen LogP contribution >= 0.6 is 0 Å². The third-order valence-electron chi connectivity index (χ3n) is 1.96. The van der Waals surface area contributed by atoms with E-state index in [0.717, 1.165) is 12.0 Å². The number of pyridine rings is 1. The average molecular weight is 195 g/mol. The van der Waals surface area contributed by atoms with Gasteiger partial charge in [0.2, 0.25) is 0 Å². The lowest BCUT2D eigenvalue weighted by atomic mass is 9.89. The van der Waals surface area contributed by atoms with Crippen LogP contribution in [0.1, 0.15) is 26.3 Å². The zero-order valence-electron chi connectivity index (χ0n) is 9.16. The zero-order chi connectivity index (χ0) is 10.9. The van der Waals surface area contributed by atoms with E-state index >= 15 is 0 Å². The lowest BCUT2D eigenvalue weighted by Gasteiger charge is -2.18. The number of hydrogen-bond donors (Lipinski definition) is 1. The fraction of sp³-hybridized carbons (Fsp3) is 0.545. The maximum atomic E-state index is 11.2. The van der Waals surface area contributed by atoms with Gasteiger partial charge in [-0.3, -0.25) is 4.79 Å². The summed E-state index contributed by atoms with van der Waals surface area (Å²) >= 11 is 0. The number of nitrogens with zero attached hydrogens (tertiary/aromatic N) is 1. The molecule has 0 aliphatic carbocycles. The molecule has 14 heavy (non-hydrogen) atoms. The molecule has 1 heterocycles. The Balaban J connectivity index is 3.08. The largest absolute Gasteiger partial charge is 0.503 e. The van der Waals surface area contributed by atoms with Gasteiger partial charge in [-0.1, -0.05) is 20.8 Å². The molecule has 0 bridgehead atoms. The molecule has 0 unspecified atom stereocenters. The monoisotopic (exact) mass is 195 g/mol. The average Bonchev–Trinajstić information content (AvgIpc) is 1.96. The third kappa shape index (κ3) is 2.62. The Morgan fingerprint density at radius 3 is 2.43 bits per heavy atom. The summed E-state index contributed by atoms with van der Waals surface area (Å²) in [4.78, 5) is 11.2. The summed E-state index contributed by atoms with van der Waals surface area (Å²) in [5.41, 5.74) is 0.795. The zero-order valence-corrected chi connectivity index (χ0v) is 9.16. The minimum atomic E-state index is -0.345. The predicted molar refractivity (Wildman–Crippen MR) is 56.5 cm³/mol. The topological polar surface area (TPSA) is 42.2 Å². The van der Waals surface area contributed by atoms with Crippen molar-refractivity contribution in [2.24, 2.45) is 12.5 Å². The quantitative estimate of drug-likeness (QED) is 0.740. The third-order valence-corrected chi connectivity index (χ3v) is 1.96. The van der Waals surface area contributed by atoms with Gasteiger partial charge in [-0.2, -0.15) is 0 Å². The van der Waals surface area contributed by atoms with Crippen LogP contribution in [0.25, 0.3) is 0 Å². The van der Waals surface area contributed by atoms with Gasteiger partial charge in [0.15, 0.2) is 5.75 Å². The van der Waals surface area contributed by atoms with E-state index in [1.807, 2.05) is 0 Å². The van der Waals surface area contributed by atoms with Gasteiger partial charge in [-0.15, -0.1) is 0 Å². The van der Waals surface area contributed by atoms with Crippen LogP contribution in [0.15, 0.2) is 17.1 Å². The van der Waals surface area contributed by atoms with Crippen LogP contribution < -0.4 is 5.56 Å². The minimum Gasteiger partial charge on any atom is -0.503 e. The summed E-state index contributed by atoms with van der Waals surface area (Å²) < 4.78 is 1.41. The molecule has 0 aliphatic heterocycles. The molecular weight excluding hydrogens is 178 g/mol. The van der Waals surface area contributed by atoms with Crippen molar-refractivity contribution >= 4 is 0 Å². The number of rotatable bonds is 1. The van der Waals surface area contributed by atoms with Crippen LogP contribution in [0, 0.1) is 5.41 Å². The van der Waals surface area contributed by atoms with Crippen LogP contribution in [0.3, 0.4) is 0 Å². The van der Waals surface area contributed by atoms with E-state index in [-0.39, 0.29) is 16.7 Å². The van der Waals surface area contributed by atoms with Crippen LogP contribution in [0.5, 0.6) is 5.75 Å². The number of hydrogen-bond acceptors (Lipinski definition) is 2. The molecule has 0 atom stereocenters. The number of aryl methyl sites for hydroxylation is 1. The Hall–Kier alpha value is -1.25. The van der Waals surface area contributed by atoms with E-state index in [4.69, 9.17) is 0 Å². The molecule has 1 rings (SSSR count). The number of aromatic hydroxyl groups is 1. The highest BCUT2D eigenvalue weighted by Gasteiger charge is 2.13. The van der Waals surface area contributed by atoms with Gasteiger partial charge in [0.1, 0.15) is 0 Å². The molecule has 0 radical (unpaired) electrons. The first kappa shape index (κ1) is 10.8. The standard InChI is InChI=1S/C11H17NO2/c1-11(2,3)6-8-5-9(13)10(14)12(4)7-8/h5,7,13H,6H2,1-4H3. The van der Waals surface area contributed by atoms with Gasteiger partial charge in [-0.05, 0) is 23.5 Å². The van der Waals surface area contributed by atoms with Gasteiger partial charge in [0.05, 0.1) is 0 Å². The second-order valence-electron chi connectivity index (χ2n) is 4.89. The molecule has 1 aromatic heterocycles. The van der Waals surface area contributed by atoms with Crippen LogP contribution in [-0.4, -0.2) is 9.67 Å². The molecular formula is C11H17NO2.